The average Bonchev–Trinajstić information content (AvgIpc) is 3.42. The fraction of sp³-hybridized carbons (Fsp3) is 0.557. The molecule has 0 aromatic rings. The van der Waals surface area contributed by atoms with E-state index in [2.05, 4.69) is 166 Å². The zero-order chi connectivity index (χ0) is 57.6. The molecule has 0 fully saturated rings. The molecule has 79 heavy (non-hydrogen) atoms. The van der Waals surface area contributed by atoms with Crippen molar-refractivity contribution in [3.8, 4) is 0 Å². The molecular weight excluding hydrogens is 983 g/mol. The fourth-order valence-electron chi connectivity index (χ4n) is 7.43. The lowest BCUT2D eigenvalue weighted by Gasteiger charge is -2.25. The Morgan fingerprint density at radius 3 is 1.08 bits per heavy atom. The summed E-state index contributed by atoms with van der Waals surface area (Å²) in [5, 5.41) is 9.69. The van der Waals surface area contributed by atoms with Crippen molar-refractivity contribution >= 4 is 17.9 Å². The van der Waals surface area contributed by atoms with Crippen LogP contribution in [-0.2, 0) is 33.3 Å². The van der Waals surface area contributed by atoms with Crippen LogP contribution in [0.25, 0.3) is 0 Å². The number of carbonyl (C=O) groups is 3. The van der Waals surface area contributed by atoms with Gasteiger partial charge in [-0.2, -0.15) is 0 Å². The summed E-state index contributed by atoms with van der Waals surface area (Å²) in [5.74, 6) is -2.19. The normalized spacial score (nSPS) is 14.0. The maximum atomic E-state index is 12.9. The lowest BCUT2D eigenvalue weighted by molar-refractivity contribution is -0.870. The number of carboxylic acid groups (broad SMARTS) is 1. The summed E-state index contributed by atoms with van der Waals surface area (Å²) < 4.78 is 22.7. The monoisotopic (exact) mass is 1090 g/mol. The molecule has 2 atom stereocenters. The van der Waals surface area contributed by atoms with Crippen molar-refractivity contribution in [2.45, 2.75) is 206 Å². The van der Waals surface area contributed by atoms with Gasteiger partial charge < -0.3 is 28.5 Å². The molecule has 0 amide bonds. The summed E-state index contributed by atoms with van der Waals surface area (Å²) in [6, 6.07) is 0. The average molecular weight is 1090 g/mol. The minimum absolute atomic E-state index is 0.0606. The molecular formula is C70H110NO8+. The molecule has 1 N–H and O–H groups in total. The minimum Gasteiger partial charge on any atom is -0.477 e. The van der Waals surface area contributed by atoms with Gasteiger partial charge >= 0.3 is 17.9 Å². The molecule has 0 aliphatic rings. The second-order valence-electron chi connectivity index (χ2n) is 20.6. The number of ether oxygens (including phenoxy) is 4. The first-order chi connectivity index (χ1) is 38.6. The van der Waals surface area contributed by atoms with Crippen molar-refractivity contribution in [2.75, 3.05) is 47.5 Å². The molecule has 0 saturated heterocycles. The van der Waals surface area contributed by atoms with Crippen LogP contribution >= 0.6 is 0 Å². The van der Waals surface area contributed by atoms with Crippen molar-refractivity contribution in [1.29, 1.82) is 0 Å². The van der Waals surface area contributed by atoms with Gasteiger partial charge in [-0.25, -0.2) is 4.79 Å². The smallest absolute Gasteiger partial charge is 0.361 e. The van der Waals surface area contributed by atoms with Gasteiger partial charge in [0.15, 0.2) is 6.10 Å². The first kappa shape index (κ1) is 73.7. The Bertz CT molecular complexity index is 1900. The maximum absolute atomic E-state index is 12.9. The lowest BCUT2D eigenvalue weighted by atomic mass is 10.0. The summed E-state index contributed by atoms with van der Waals surface area (Å²) in [6.07, 6.45) is 86.2. The third kappa shape index (κ3) is 60.1. The van der Waals surface area contributed by atoms with E-state index in [0.717, 1.165) is 109 Å². The summed E-state index contributed by atoms with van der Waals surface area (Å²) in [7, 11) is 5.93. The number of allylic oxidation sites excluding steroid dienone is 27. The summed E-state index contributed by atoms with van der Waals surface area (Å²) in [5.41, 5.74) is 0. The van der Waals surface area contributed by atoms with Gasteiger partial charge in [0.2, 0.25) is 0 Å². The van der Waals surface area contributed by atoms with E-state index in [1.807, 2.05) is 33.3 Å². The van der Waals surface area contributed by atoms with Crippen LogP contribution in [-0.4, -0.2) is 87.4 Å². The van der Waals surface area contributed by atoms with Crippen LogP contribution < -0.4 is 0 Å². The van der Waals surface area contributed by atoms with Gasteiger partial charge in [-0.15, -0.1) is 0 Å². The molecule has 442 valence electrons. The Labute approximate surface area is 482 Å². The Kier molecular flexibility index (Phi) is 54.8. The number of hydrogen-bond acceptors (Lipinski definition) is 7. The van der Waals surface area contributed by atoms with E-state index in [1.54, 1.807) is 6.08 Å². The molecule has 0 bridgehead atoms. The number of likely N-dealkylation sites (N-methyl/N-ethyl adjacent to an activating group) is 1. The standard InChI is InChI=1S/C70H109NO8/c1-6-8-10-12-14-16-18-20-22-23-24-25-26-27-28-29-30-31-32-33-34-35-36-37-38-39-40-41-42-43-44-45-47-49-51-53-55-57-59-61-68(73)79-66(65-78-70(69(74)75)76-63-62-71(3,4)5)64-77-67(72)60-58-56-54-52-50-48-46-21-19-17-15-13-11-9-7-2/h8-11,14-17,20-22,24-25,27-28,30-31,33-34,36-37,39-40,46,50,52,56,58,66,70H,6-7,12-13,18-19,23,26,29,32,35,38,41-45,47-49,51,53-55,57,59-65H2,1-5H3/p+1/b10-8-,11-9-,16-14-,17-15-,22-20-,25-24-,28-27-,31-30-,34-33-,37-36-,40-39-,46-21-,52-50-,58-56-. The minimum atomic E-state index is -1.54. The summed E-state index contributed by atoms with van der Waals surface area (Å²) in [6.45, 7) is 4.50. The van der Waals surface area contributed by atoms with Gasteiger partial charge in [0.25, 0.3) is 6.29 Å². The molecule has 0 rings (SSSR count). The zero-order valence-corrected chi connectivity index (χ0v) is 50.2. The van der Waals surface area contributed by atoms with Gasteiger partial charge in [0, 0.05) is 6.42 Å². The Morgan fingerprint density at radius 2 is 0.722 bits per heavy atom. The molecule has 9 heteroatoms. The van der Waals surface area contributed by atoms with Crippen LogP contribution in [0.15, 0.2) is 170 Å². The number of unbranched alkanes of at least 4 members (excludes halogenated alkanes) is 11. The highest BCUT2D eigenvalue weighted by Crippen LogP contribution is 2.14. The highest BCUT2D eigenvalue weighted by molar-refractivity contribution is 5.72. The predicted molar refractivity (Wildman–Crippen MR) is 336 cm³/mol. The quantitative estimate of drug-likeness (QED) is 0.0211. The molecule has 0 aromatic carbocycles. The van der Waals surface area contributed by atoms with Crippen LogP contribution in [0.5, 0.6) is 0 Å². The van der Waals surface area contributed by atoms with E-state index in [1.165, 1.54) is 44.9 Å². The number of rotatable bonds is 53. The third-order valence-electron chi connectivity index (χ3n) is 12.0. The van der Waals surface area contributed by atoms with Crippen LogP contribution in [0.2, 0.25) is 0 Å². The number of aliphatic carboxylic acids is 1. The Balaban J connectivity index is 4.21. The van der Waals surface area contributed by atoms with E-state index in [0.29, 0.717) is 23.9 Å². The van der Waals surface area contributed by atoms with Crippen molar-refractivity contribution in [3.05, 3.63) is 170 Å². The molecule has 0 radical (unpaired) electrons. The molecule has 0 aromatic heterocycles. The van der Waals surface area contributed by atoms with Crippen molar-refractivity contribution in [3.63, 3.8) is 0 Å². The predicted octanol–water partition coefficient (Wildman–Crippen LogP) is 18.3. The number of hydrogen-bond donors (Lipinski definition) is 1. The first-order valence-corrected chi connectivity index (χ1v) is 30.3. The maximum Gasteiger partial charge on any atom is 0.361 e. The summed E-state index contributed by atoms with van der Waals surface area (Å²) >= 11 is 0. The molecule has 0 spiro atoms. The van der Waals surface area contributed by atoms with Crippen LogP contribution in [0.3, 0.4) is 0 Å². The SMILES string of the molecule is CC/C=C\C/C=C\C/C=C\C/C=C\C/C=C\C/C=C\C/C=C\C/C=C\C/C=C\CCCCCCCCCCCCCC(=O)OC(COC(=O)C/C=C\C/C=C\C/C=C\C/C=C\C/C=C\CC)COC(OCC[N+](C)(C)C)C(=O)O. The van der Waals surface area contributed by atoms with Crippen LogP contribution in [0, 0.1) is 0 Å². The van der Waals surface area contributed by atoms with E-state index in [9.17, 15) is 19.5 Å². The van der Waals surface area contributed by atoms with Crippen LogP contribution in [0.1, 0.15) is 194 Å². The molecule has 9 nitrogen and oxygen atoms in total. The fourth-order valence-corrected chi connectivity index (χ4v) is 7.43. The van der Waals surface area contributed by atoms with Crippen molar-refractivity contribution in [2.24, 2.45) is 0 Å². The van der Waals surface area contributed by atoms with Crippen molar-refractivity contribution in [1.82, 2.24) is 0 Å². The molecule has 0 saturated carbocycles. The Hall–Kier alpha value is -5.35. The van der Waals surface area contributed by atoms with E-state index >= 15 is 0 Å². The van der Waals surface area contributed by atoms with Gasteiger partial charge in [-0.3, -0.25) is 9.59 Å². The number of carboxylic acids is 1. The largest absolute Gasteiger partial charge is 0.477 e. The van der Waals surface area contributed by atoms with Gasteiger partial charge in [0.05, 0.1) is 40.8 Å². The van der Waals surface area contributed by atoms with Gasteiger partial charge in [-0.05, 0) is 109 Å². The zero-order valence-electron chi connectivity index (χ0n) is 50.2. The molecule has 2 unspecified atom stereocenters. The van der Waals surface area contributed by atoms with Crippen LogP contribution in [0.4, 0.5) is 0 Å². The first-order valence-electron chi connectivity index (χ1n) is 30.3. The van der Waals surface area contributed by atoms with E-state index in [-0.39, 0.29) is 32.7 Å². The third-order valence-corrected chi connectivity index (χ3v) is 12.0. The Morgan fingerprint density at radius 1 is 0.392 bits per heavy atom. The molecule has 0 aliphatic heterocycles. The number of nitrogens with zero attached hydrogens (tertiary/aromatic N) is 1. The van der Waals surface area contributed by atoms with Gasteiger partial charge in [-0.1, -0.05) is 242 Å². The molecule has 0 heterocycles. The number of esters is 2. The highest BCUT2D eigenvalue weighted by atomic mass is 16.7. The van der Waals surface area contributed by atoms with E-state index < -0.39 is 30.3 Å². The van der Waals surface area contributed by atoms with E-state index in [4.69, 9.17) is 18.9 Å². The number of carbonyl (C=O) groups excluding carboxylic acids is 2. The lowest BCUT2D eigenvalue weighted by Crippen LogP contribution is -2.40. The molecule has 0 aliphatic carbocycles. The van der Waals surface area contributed by atoms with Crippen molar-refractivity contribution < 1.29 is 42.9 Å². The highest BCUT2D eigenvalue weighted by Gasteiger charge is 2.25. The topological polar surface area (TPSA) is 108 Å². The number of quaternary nitrogens is 1. The van der Waals surface area contributed by atoms with Gasteiger partial charge in [0.1, 0.15) is 13.2 Å². The summed E-state index contributed by atoms with van der Waals surface area (Å²) in [4.78, 5) is 37.3. The second-order valence-corrected chi connectivity index (χ2v) is 20.6. The second kappa shape index (κ2) is 58.8.